The van der Waals surface area contributed by atoms with Crippen molar-refractivity contribution in [2.24, 2.45) is 5.10 Å². The van der Waals surface area contributed by atoms with Gasteiger partial charge in [-0.05, 0) is 80.6 Å². The van der Waals surface area contributed by atoms with Crippen molar-refractivity contribution < 1.29 is 9.53 Å². The van der Waals surface area contributed by atoms with E-state index in [1.165, 1.54) is 11.8 Å². The summed E-state index contributed by atoms with van der Waals surface area (Å²) in [6, 6.07) is 22.6. The number of aryl methyl sites for hydroxylation is 1. The van der Waals surface area contributed by atoms with Crippen LogP contribution < -0.4 is 10.2 Å². The molecular weight excluding hydrogens is 549 g/mol. The number of carbonyl (C=O) groups excluding carboxylic acids is 1. The van der Waals surface area contributed by atoms with Crippen molar-refractivity contribution in [3.8, 4) is 11.4 Å². The van der Waals surface area contributed by atoms with Gasteiger partial charge in [0.1, 0.15) is 12.4 Å². The minimum Gasteiger partial charge on any atom is -0.489 e. The number of benzene rings is 3. The molecule has 1 heterocycles. The molecule has 0 fully saturated rings. The number of hydrogen-bond acceptors (Lipinski definition) is 4. The minimum atomic E-state index is -0.180. The molecule has 0 aliphatic rings. The van der Waals surface area contributed by atoms with Crippen LogP contribution in [0.3, 0.4) is 0 Å². The van der Waals surface area contributed by atoms with Crippen molar-refractivity contribution in [1.82, 2.24) is 9.99 Å². The molecule has 5 nitrogen and oxygen atoms in total. The van der Waals surface area contributed by atoms with Gasteiger partial charge in [-0.2, -0.15) is 5.10 Å². The molecular formula is C28H24Cl3N3O2S. The molecule has 1 amide bonds. The third-order valence-corrected chi connectivity index (χ3v) is 7.40. The van der Waals surface area contributed by atoms with Gasteiger partial charge in [-0.1, -0.05) is 40.9 Å². The molecule has 0 radical (unpaired) electrons. The highest BCUT2D eigenvalue weighted by molar-refractivity contribution is 8.00. The van der Waals surface area contributed by atoms with Crippen molar-refractivity contribution in [3.05, 3.63) is 110 Å². The van der Waals surface area contributed by atoms with E-state index in [1.54, 1.807) is 30.5 Å². The minimum absolute atomic E-state index is 0.180. The third-order valence-electron chi connectivity index (χ3n) is 5.55. The normalized spacial score (nSPS) is 11.2. The van der Waals surface area contributed by atoms with Gasteiger partial charge in [-0.15, -0.1) is 11.8 Å². The van der Waals surface area contributed by atoms with Gasteiger partial charge >= 0.3 is 0 Å². The number of halogens is 3. The largest absolute Gasteiger partial charge is 0.489 e. The molecule has 190 valence electrons. The Labute approximate surface area is 235 Å². The van der Waals surface area contributed by atoms with Crippen LogP contribution in [0.5, 0.6) is 5.75 Å². The topological polar surface area (TPSA) is 55.6 Å². The molecule has 0 spiro atoms. The van der Waals surface area contributed by atoms with Gasteiger partial charge in [-0.3, -0.25) is 4.79 Å². The van der Waals surface area contributed by atoms with E-state index in [0.717, 1.165) is 38.8 Å². The lowest BCUT2D eigenvalue weighted by molar-refractivity contribution is -0.118. The summed E-state index contributed by atoms with van der Waals surface area (Å²) in [5.41, 5.74) is 7.43. The summed E-state index contributed by atoms with van der Waals surface area (Å²) in [6.07, 6.45) is 1.66. The molecule has 0 aliphatic carbocycles. The van der Waals surface area contributed by atoms with E-state index in [4.69, 9.17) is 39.5 Å². The Morgan fingerprint density at radius 2 is 1.68 bits per heavy atom. The molecule has 1 aromatic heterocycles. The fraction of sp³-hybridized carbons (Fsp3) is 0.143. The van der Waals surface area contributed by atoms with E-state index in [2.05, 4.69) is 15.1 Å². The van der Waals surface area contributed by atoms with E-state index in [9.17, 15) is 4.79 Å². The first-order valence-electron chi connectivity index (χ1n) is 11.4. The Kier molecular flexibility index (Phi) is 9.22. The fourth-order valence-corrected chi connectivity index (χ4v) is 4.97. The van der Waals surface area contributed by atoms with Gasteiger partial charge in [-0.25, -0.2) is 5.43 Å². The Bertz CT molecular complexity index is 1420. The third kappa shape index (κ3) is 7.33. The molecule has 3 aromatic carbocycles. The number of thioether (sulfide) groups is 1. The Hall–Kier alpha value is -2.90. The summed E-state index contributed by atoms with van der Waals surface area (Å²) in [7, 11) is 0. The zero-order valence-corrected chi connectivity index (χ0v) is 23.3. The number of carbonyl (C=O) groups is 1. The van der Waals surface area contributed by atoms with Crippen LogP contribution >= 0.6 is 46.6 Å². The lowest BCUT2D eigenvalue weighted by Gasteiger charge is -2.12. The quantitative estimate of drug-likeness (QED) is 0.126. The smallest absolute Gasteiger partial charge is 0.250 e. The molecule has 4 aromatic rings. The van der Waals surface area contributed by atoms with Crippen LogP contribution in [-0.4, -0.2) is 22.4 Å². The highest BCUT2D eigenvalue weighted by Gasteiger charge is 2.10. The second-order valence-electron chi connectivity index (χ2n) is 8.22. The van der Waals surface area contributed by atoms with Crippen LogP contribution in [-0.2, 0) is 11.4 Å². The highest BCUT2D eigenvalue weighted by atomic mass is 35.5. The van der Waals surface area contributed by atoms with Crippen LogP contribution in [0.15, 0.2) is 82.8 Å². The number of hydrogen-bond donors (Lipinski definition) is 1. The lowest BCUT2D eigenvalue weighted by Crippen LogP contribution is -2.19. The summed E-state index contributed by atoms with van der Waals surface area (Å²) in [6.45, 7) is 4.39. The first-order valence-corrected chi connectivity index (χ1v) is 13.5. The van der Waals surface area contributed by atoms with Crippen molar-refractivity contribution >= 4 is 58.7 Å². The van der Waals surface area contributed by atoms with Gasteiger partial charge < -0.3 is 9.30 Å². The maximum Gasteiger partial charge on any atom is 0.250 e. The lowest BCUT2D eigenvalue weighted by atomic mass is 10.2. The number of hydrazone groups is 1. The molecule has 0 aliphatic heterocycles. The average molecular weight is 573 g/mol. The zero-order valence-electron chi connectivity index (χ0n) is 20.2. The number of amides is 1. The first-order chi connectivity index (χ1) is 17.8. The van der Waals surface area contributed by atoms with Crippen molar-refractivity contribution in [2.45, 2.75) is 25.3 Å². The van der Waals surface area contributed by atoms with Gasteiger partial charge in [0.15, 0.2) is 0 Å². The number of nitrogens with one attached hydrogen (secondary N) is 1. The Balaban J connectivity index is 1.35. The van der Waals surface area contributed by atoms with Gasteiger partial charge in [0.2, 0.25) is 5.91 Å². The fourth-order valence-electron chi connectivity index (χ4n) is 3.69. The molecule has 0 saturated carbocycles. The monoisotopic (exact) mass is 571 g/mol. The van der Waals surface area contributed by atoms with Gasteiger partial charge in [0.25, 0.3) is 0 Å². The summed E-state index contributed by atoms with van der Waals surface area (Å²) in [5.74, 6) is 0.815. The van der Waals surface area contributed by atoms with E-state index in [1.807, 2.05) is 62.4 Å². The SMILES string of the molecule is Cc1cc(/C=N\NC(=O)CSc2ccc(Cl)cc2)c(C)n1-c1ccc(OCc2ccc(Cl)cc2Cl)cc1. The molecule has 4 rings (SSSR count). The number of ether oxygens (including phenoxy) is 1. The molecule has 37 heavy (non-hydrogen) atoms. The first kappa shape index (κ1) is 27.1. The van der Waals surface area contributed by atoms with Crippen LogP contribution in [0.2, 0.25) is 15.1 Å². The second kappa shape index (κ2) is 12.6. The van der Waals surface area contributed by atoms with Crippen molar-refractivity contribution in [2.75, 3.05) is 5.75 Å². The maximum atomic E-state index is 12.2. The molecule has 0 unspecified atom stereocenters. The Morgan fingerprint density at radius 1 is 0.973 bits per heavy atom. The van der Waals surface area contributed by atoms with Crippen LogP contribution in [0.4, 0.5) is 0 Å². The standard InChI is InChI=1S/C28H24Cl3N3O2S/c1-18-13-21(15-32-33-28(35)17-37-26-11-5-22(29)6-12-26)19(2)34(18)24-7-9-25(10-8-24)36-16-20-3-4-23(30)14-27(20)31/h3-15H,16-17H2,1-2H3,(H,33,35)/b32-15-. The van der Waals surface area contributed by atoms with E-state index in [-0.39, 0.29) is 11.7 Å². The van der Waals surface area contributed by atoms with Crippen molar-refractivity contribution in [1.29, 1.82) is 0 Å². The number of rotatable bonds is 9. The highest BCUT2D eigenvalue weighted by Crippen LogP contribution is 2.25. The van der Waals surface area contributed by atoms with Crippen LogP contribution in [0.25, 0.3) is 5.69 Å². The van der Waals surface area contributed by atoms with Crippen LogP contribution in [0, 0.1) is 13.8 Å². The predicted octanol–water partition coefficient (Wildman–Crippen LogP) is 7.88. The zero-order chi connectivity index (χ0) is 26.4. The maximum absolute atomic E-state index is 12.2. The summed E-state index contributed by atoms with van der Waals surface area (Å²) in [4.78, 5) is 13.1. The van der Waals surface area contributed by atoms with Crippen molar-refractivity contribution in [3.63, 3.8) is 0 Å². The Morgan fingerprint density at radius 3 is 2.38 bits per heavy atom. The molecule has 0 atom stereocenters. The predicted molar refractivity (Wildman–Crippen MR) is 154 cm³/mol. The van der Waals surface area contributed by atoms with E-state index in [0.29, 0.717) is 21.7 Å². The molecule has 0 saturated heterocycles. The molecule has 9 heteroatoms. The summed E-state index contributed by atoms with van der Waals surface area (Å²) in [5, 5.41) is 5.98. The second-order valence-corrected chi connectivity index (χ2v) is 10.5. The average Bonchev–Trinajstić information content (AvgIpc) is 3.16. The van der Waals surface area contributed by atoms with E-state index < -0.39 is 0 Å². The van der Waals surface area contributed by atoms with Crippen LogP contribution in [0.1, 0.15) is 22.5 Å². The molecule has 1 N–H and O–H groups in total. The van der Waals surface area contributed by atoms with Gasteiger partial charge in [0, 0.05) is 48.2 Å². The number of aromatic nitrogens is 1. The summed E-state index contributed by atoms with van der Waals surface area (Å²) < 4.78 is 8.02. The van der Waals surface area contributed by atoms with E-state index >= 15 is 0 Å². The summed E-state index contributed by atoms with van der Waals surface area (Å²) >= 11 is 19.5. The molecule has 0 bridgehead atoms. The number of nitrogens with zero attached hydrogens (tertiary/aromatic N) is 2. The van der Waals surface area contributed by atoms with Gasteiger partial charge in [0.05, 0.1) is 12.0 Å².